The van der Waals surface area contributed by atoms with E-state index in [1.807, 2.05) is 0 Å². The molecule has 0 aromatic heterocycles. The molecule has 2 atom stereocenters. The van der Waals surface area contributed by atoms with Gasteiger partial charge in [0.25, 0.3) is 5.91 Å². The highest BCUT2D eigenvalue weighted by Gasteiger charge is 2.49. The van der Waals surface area contributed by atoms with E-state index in [-0.39, 0.29) is 29.4 Å². The number of nitrogens with one attached hydrogen (secondary N) is 2. The summed E-state index contributed by atoms with van der Waals surface area (Å²) in [5.41, 5.74) is 2.65. The van der Waals surface area contributed by atoms with Crippen LogP contribution in [-0.4, -0.2) is 36.8 Å². The number of carbonyl (C=O) groups excluding carboxylic acids is 2. The molecule has 6 heteroatoms. The van der Waals surface area contributed by atoms with Crippen molar-refractivity contribution in [1.82, 2.24) is 10.7 Å². The average Bonchev–Trinajstić information content (AvgIpc) is 2.34. The average molecular weight is 253 g/mol. The van der Waals surface area contributed by atoms with E-state index in [9.17, 15) is 9.59 Å². The molecule has 2 unspecified atom stereocenters. The van der Waals surface area contributed by atoms with E-state index >= 15 is 0 Å². The maximum atomic E-state index is 12.0. The molecule has 2 amide bonds. The van der Waals surface area contributed by atoms with Crippen LogP contribution < -0.4 is 10.7 Å². The SMILES string of the molecule is COC1CC(NC(=O)C2=NNC(=O)CC2)C1(C)C. The molecule has 1 saturated carbocycles. The molecular weight excluding hydrogens is 234 g/mol. The third-order valence-corrected chi connectivity index (χ3v) is 3.93. The predicted octanol–water partition coefficient (Wildman–Crippen LogP) is 0.182. The first-order valence-electron chi connectivity index (χ1n) is 6.14. The van der Waals surface area contributed by atoms with Crippen molar-refractivity contribution in [3.63, 3.8) is 0 Å². The van der Waals surface area contributed by atoms with Crippen LogP contribution in [0.25, 0.3) is 0 Å². The Bertz CT molecular complexity index is 403. The summed E-state index contributed by atoms with van der Waals surface area (Å²) in [7, 11) is 1.69. The lowest BCUT2D eigenvalue weighted by molar-refractivity contribution is -0.127. The van der Waals surface area contributed by atoms with Crippen LogP contribution >= 0.6 is 0 Å². The van der Waals surface area contributed by atoms with Gasteiger partial charge in [-0.3, -0.25) is 9.59 Å². The standard InChI is InChI=1S/C12H19N3O3/c1-12(2)8(6-9(12)18-3)13-11(17)7-4-5-10(16)15-14-7/h8-9H,4-6H2,1-3H3,(H,13,17)(H,15,16). The summed E-state index contributed by atoms with van der Waals surface area (Å²) >= 11 is 0. The van der Waals surface area contributed by atoms with Gasteiger partial charge >= 0.3 is 0 Å². The van der Waals surface area contributed by atoms with Crippen molar-refractivity contribution >= 4 is 17.5 Å². The van der Waals surface area contributed by atoms with Crippen molar-refractivity contribution < 1.29 is 14.3 Å². The fourth-order valence-electron chi connectivity index (χ4n) is 2.41. The monoisotopic (exact) mass is 253 g/mol. The van der Waals surface area contributed by atoms with Crippen molar-refractivity contribution in [2.75, 3.05) is 7.11 Å². The summed E-state index contributed by atoms with van der Waals surface area (Å²) in [6, 6.07) is 0.0929. The quantitative estimate of drug-likeness (QED) is 0.753. The Balaban J connectivity index is 1.91. The molecule has 2 aliphatic rings. The Hall–Kier alpha value is -1.43. The molecule has 0 bridgehead atoms. The topological polar surface area (TPSA) is 79.8 Å². The maximum absolute atomic E-state index is 12.0. The number of ether oxygens (including phenoxy) is 1. The first-order valence-corrected chi connectivity index (χ1v) is 6.14. The lowest BCUT2D eigenvalue weighted by atomic mass is 9.64. The van der Waals surface area contributed by atoms with Gasteiger partial charge in [0.15, 0.2) is 0 Å². The smallest absolute Gasteiger partial charge is 0.267 e. The van der Waals surface area contributed by atoms with Crippen LogP contribution in [0.4, 0.5) is 0 Å². The first kappa shape index (κ1) is 13.0. The fourth-order valence-corrected chi connectivity index (χ4v) is 2.41. The molecule has 1 aliphatic carbocycles. The lowest BCUT2D eigenvalue weighted by Crippen LogP contribution is -2.62. The minimum atomic E-state index is -0.192. The van der Waals surface area contributed by atoms with Crippen molar-refractivity contribution in [3.8, 4) is 0 Å². The van der Waals surface area contributed by atoms with Gasteiger partial charge in [-0.1, -0.05) is 13.8 Å². The highest BCUT2D eigenvalue weighted by Crippen LogP contribution is 2.42. The number of amides is 2. The Morgan fingerprint density at radius 1 is 1.50 bits per heavy atom. The van der Waals surface area contributed by atoms with Gasteiger partial charge < -0.3 is 10.1 Å². The summed E-state index contributed by atoms with van der Waals surface area (Å²) in [4.78, 5) is 22.9. The molecule has 1 heterocycles. The molecule has 0 aromatic rings. The second kappa shape index (κ2) is 4.68. The van der Waals surface area contributed by atoms with Crippen LogP contribution in [0.2, 0.25) is 0 Å². The third-order valence-electron chi connectivity index (χ3n) is 3.93. The molecular formula is C12H19N3O3. The van der Waals surface area contributed by atoms with E-state index in [4.69, 9.17) is 4.74 Å². The van der Waals surface area contributed by atoms with E-state index in [0.29, 0.717) is 18.6 Å². The molecule has 18 heavy (non-hydrogen) atoms. The summed E-state index contributed by atoms with van der Waals surface area (Å²) in [5, 5.41) is 6.74. The van der Waals surface area contributed by atoms with Crippen LogP contribution in [0, 0.1) is 5.41 Å². The molecule has 2 N–H and O–H groups in total. The van der Waals surface area contributed by atoms with Gasteiger partial charge in [0.1, 0.15) is 5.71 Å². The molecule has 0 spiro atoms. The van der Waals surface area contributed by atoms with Crippen molar-refractivity contribution in [3.05, 3.63) is 0 Å². The first-order chi connectivity index (χ1) is 8.45. The number of hydrogen-bond acceptors (Lipinski definition) is 4. The molecule has 0 radical (unpaired) electrons. The van der Waals surface area contributed by atoms with E-state index in [1.165, 1.54) is 0 Å². The second-order valence-corrected chi connectivity index (χ2v) is 5.40. The van der Waals surface area contributed by atoms with E-state index in [1.54, 1.807) is 7.11 Å². The van der Waals surface area contributed by atoms with Crippen LogP contribution in [0.5, 0.6) is 0 Å². The zero-order valence-electron chi connectivity index (χ0n) is 10.9. The minimum absolute atomic E-state index is 0.0666. The number of methoxy groups -OCH3 is 1. The van der Waals surface area contributed by atoms with E-state index in [2.05, 4.69) is 29.7 Å². The zero-order valence-corrected chi connectivity index (χ0v) is 10.9. The Morgan fingerprint density at radius 3 is 2.72 bits per heavy atom. The van der Waals surface area contributed by atoms with Gasteiger partial charge in [0.2, 0.25) is 5.91 Å². The summed E-state index contributed by atoms with van der Waals surface area (Å²) in [6.07, 6.45) is 1.71. The van der Waals surface area contributed by atoms with E-state index < -0.39 is 0 Å². The third kappa shape index (κ3) is 2.25. The summed E-state index contributed by atoms with van der Waals surface area (Å²) in [5.74, 6) is -0.336. The summed E-state index contributed by atoms with van der Waals surface area (Å²) in [6.45, 7) is 4.14. The minimum Gasteiger partial charge on any atom is -0.381 e. The lowest BCUT2D eigenvalue weighted by Gasteiger charge is -2.51. The van der Waals surface area contributed by atoms with Gasteiger partial charge in [-0.25, -0.2) is 5.43 Å². The molecule has 100 valence electrons. The number of hydrogen-bond donors (Lipinski definition) is 2. The number of rotatable bonds is 3. The molecule has 0 aromatic carbocycles. The normalized spacial score (nSPS) is 29.9. The Kier molecular flexibility index (Phi) is 3.38. The van der Waals surface area contributed by atoms with Gasteiger partial charge in [-0.05, 0) is 6.42 Å². The highest BCUT2D eigenvalue weighted by molar-refractivity contribution is 6.39. The second-order valence-electron chi connectivity index (χ2n) is 5.40. The molecule has 1 aliphatic heterocycles. The largest absolute Gasteiger partial charge is 0.381 e. The van der Waals surface area contributed by atoms with Crippen LogP contribution in [0.15, 0.2) is 5.10 Å². The van der Waals surface area contributed by atoms with Gasteiger partial charge in [-0.2, -0.15) is 5.10 Å². The van der Waals surface area contributed by atoms with Gasteiger partial charge in [0, 0.05) is 31.4 Å². The Morgan fingerprint density at radius 2 is 2.22 bits per heavy atom. The van der Waals surface area contributed by atoms with Crippen LogP contribution in [0.3, 0.4) is 0 Å². The Labute approximate surface area is 106 Å². The number of hydrazone groups is 1. The van der Waals surface area contributed by atoms with Crippen LogP contribution in [0.1, 0.15) is 33.1 Å². The number of carbonyl (C=O) groups is 2. The summed E-state index contributed by atoms with van der Waals surface area (Å²) < 4.78 is 5.33. The molecule has 0 saturated heterocycles. The van der Waals surface area contributed by atoms with Crippen molar-refractivity contribution in [2.24, 2.45) is 10.5 Å². The molecule has 1 fully saturated rings. The zero-order chi connectivity index (χ0) is 13.3. The molecule has 2 rings (SSSR count). The van der Waals surface area contributed by atoms with Crippen LogP contribution in [-0.2, 0) is 14.3 Å². The predicted molar refractivity (Wildman–Crippen MR) is 65.9 cm³/mol. The highest BCUT2D eigenvalue weighted by atomic mass is 16.5. The molecule has 6 nitrogen and oxygen atoms in total. The van der Waals surface area contributed by atoms with Crippen molar-refractivity contribution in [2.45, 2.75) is 45.3 Å². The van der Waals surface area contributed by atoms with E-state index in [0.717, 1.165) is 6.42 Å². The number of nitrogens with zero attached hydrogens (tertiary/aromatic N) is 1. The fraction of sp³-hybridized carbons (Fsp3) is 0.750. The van der Waals surface area contributed by atoms with Gasteiger partial charge in [0.05, 0.1) is 6.10 Å². The van der Waals surface area contributed by atoms with Gasteiger partial charge in [-0.15, -0.1) is 0 Å². The maximum Gasteiger partial charge on any atom is 0.267 e. The van der Waals surface area contributed by atoms with Crippen molar-refractivity contribution in [1.29, 1.82) is 0 Å².